The number of carboxylic acids is 1. The van der Waals surface area contributed by atoms with E-state index in [1.165, 1.54) is 10.4 Å². The molecule has 0 amide bonds. The summed E-state index contributed by atoms with van der Waals surface area (Å²) in [6.45, 7) is 0.953. The van der Waals surface area contributed by atoms with E-state index >= 15 is 0 Å². The smallest absolute Gasteiger partial charge is 0.356 e. The van der Waals surface area contributed by atoms with Gasteiger partial charge in [-0.05, 0) is 30.5 Å². The topological polar surface area (TPSA) is 105 Å². The summed E-state index contributed by atoms with van der Waals surface area (Å²) in [6, 6.07) is 14.1. The summed E-state index contributed by atoms with van der Waals surface area (Å²) in [6.07, 6.45) is 3.79. The predicted molar refractivity (Wildman–Crippen MR) is 106 cm³/mol. The summed E-state index contributed by atoms with van der Waals surface area (Å²) in [5.41, 5.74) is 1.53. The van der Waals surface area contributed by atoms with Crippen molar-refractivity contribution in [1.82, 2.24) is 19.3 Å². The van der Waals surface area contributed by atoms with E-state index in [-0.39, 0.29) is 10.6 Å². The second-order valence-corrected chi connectivity index (χ2v) is 8.75. The molecule has 1 fully saturated rings. The third-order valence-corrected chi connectivity index (χ3v) is 6.93. The van der Waals surface area contributed by atoms with Crippen molar-refractivity contribution in [3.05, 3.63) is 60.4 Å². The van der Waals surface area contributed by atoms with Gasteiger partial charge in [0.25, 0.3) is 0 Å². The molecule has 4 rings (SSSR count). The number of carboxylic acid groups (broad SMARTS) is 1. The summed E-state index contributed by atoms with van der Waals surface area (Å²) >= 11 is 0. The Labute approximate surface area is 168 Å². The summed E-state index contributed by atoms with van der Waals surface area (Å²) in [5.74, 6) is -1.19. The monoisotopic (exact) mass is 412 g/mol. The number of benzene rings is 2. The Bertz CT molecular complexity index is 1140. The van der Waals surface area contributed by atoms with E-state index in [9.17, 15) is 18.3 Å². The first-order valence-corrected chi connectivity index (χ1v) is 10.8. The molecule has 2 aromatic carbocycles. The highest BCUT2D eigenvalue weighted by Gasteiger charge is 2.29. The number of piperidine rings is 1. The van der Waals surface area contributed by atoms with Crippen LogP contribution >= 0.6 is 0 Å². The fraction of sp³-hybridized carbons (Fsp3) is 0.250. The van der Waals surface area contributed by atoms with E-state index in [4.69, 9.17) is 0 Å². The first-order valence-electron chi connectivity index (χ1n) is 9.32. The second-order valence-electron chi connectivity index (χ2n) is 6.85. The molecule has 1 N–H and O–H groups in total. The zero-order valence-corrected chi connectivity index (χ0v) is 16.4. The molecule has 8 nitrogen and oxygen atoms in total. The first-order chi connectivity index (χ1) is 14.0. The van der Waals surface area contributed by atoms with Crippen molar-refractivity contribution < 1.29 is 18.3 Å². The molecule has 2 heterocycles. The van der Waals surface area contributed by atoms with Gasteiger partial charge in [0.1, 0.15) is 0 Å². The third kappa shape index (κ3) is 3.66. The number of hydrogen-bond donors (Lipinski definition) is 1. The van der Waals surface area contributed by atoms with Gasteiger partial charge < -0.3 is 5.11 Å². The van der Waals surface area contributed by atoms with Crippen molar-refractivity contribution in [3.63, 3.8) is 0 Å². The molecule has 9 heteroatoms. The Kier molecular flexibility index (Phi) is 5.16. The van der Waals surface area contributed by atoms with Gasteiger partial charge in [-0.15, -0.1) is 5.10 Å². The molecule has 1 aromatic heterocycles. The van der Waals surface area contributed by atoms with Gasteiger partial charge in [-0.3, -0.25) is 0 Å². The van der Waals surface area contributed by atoms with Crippen LogP contribution < -0.4 is 0 Å². The van der Waals surface area contributed by atoms with Crippen LogP contribution in [0.5, 0.6) is 0 Å². The Morgan fingerprint density at radius 2 is 1.72 bits per heavy atom. The summed E-state index contributed by atoms with van der Waals surface area (Å²) in [5, 5.41) is 16.8. The Balaban J connectivity index is 1.90. The van der Waals surface area contributed by atoms with Crippen LogP contribution in [0.2, 0.25) is 0 Å². The zero-order chi connectivity index (χ0) is 20.4. The van der Waals surface area contributed by atoms with E-state index in [0.29, 0.717) is 24.3 Å². The van der Waals surface area contributed by atoms with E-state index < -0.39 is 16.0 Å². The van der Waals surface area contributed by atoms with Gasteiger partial charge in [0.05, 0.1) is 16.8 Å². The van der Waals surface area contributed by atoms with Gasteiger partial charge in [-0.2, -0.15) is 4.31 Å². The highest BCUT2D eigenvalue weighted by Crippen LogP contribution is 2.32. The quantitative estimate of drug-likeness (QED) is 0.691. The number of rotatable bonds is 5. The van der Waals surface area contributed by atoms with Crippen molar-refractivity contribution in [2.45, 2.75) is 24.2 Å². The van der Waals surface area contributed by atoms with Gasteiger partial charge in [-0.1, -0.05) is 48.0 Å². The van der Waals surface area contributed by atoms with Gasteiger partial charge in [0.15, 0.2) is 5.69 Å². The predicted octanol–water partition coefficient (Wildman–Crippen LogP) is 2.81. The number of aromatic carboxylic acids is 1. The van der Waals surface area contributed by atoms with Crippen LogP contribution in [0.3, 0.4) is 0 Å². The zero-order valence-electron chi connectivity index (χ0n) is 15.6. The molecule has 0 spiro atoms. The van der Waals surface area contributed by atoms with Crippen LogP contribution in [0.1, 0.15) is 29.8 Å². The lowest BCUT2D eigenvalue weighted by atomic mass is 10.1. The molecule has 150 valence electrons. The molecule has 0 saturated carbocycles. The molecule has 29 heavy (non-hydrogen) atoms. The first kappa shape index (κ1) is 19.3. The average Bonchev–Trinajstić information content (AvgIpc) is 3.25. The number of nitrogens with zero attached hydrogens (tertiary/aromatic N) is 4. The molecular weight excluding hydrogens is 392 g/mol. The van der Waals surface area contributed by atoms with Gasteiger partial charge in [-0.25, -0.2) is 17.9 Å². The van der Waals surface area contributed by atoms with Gasteiger partial charge in [0.2, 0.25) is 10.0 Å². The highest BCUT2D eigenvalue weighted by atomic mass is 32.2. The summed E-state index contributed by atoms with van der Waals surface area (Å²) in [7, 11) is -3.76. The summed E-state index contributed by atoms with van der Waals surface area (Å²) < 4.78 is 29.6. The van der Waals surface area contributed by atoms with Crippen molar-refractivity contribution in [2.24, 2.45) is 0 Å². The standard InChI is InChI=1S/C20H20N4O4S/c25-20(26)18-14-21-22-24(18)16-9-10-17(15-7-3-1-4-8-15)19(13-16)29(27,28)23-11-5-2-6-12-23/h1,3-4,7-10,13-14H,2,5-6,11-12H2,(H,25,26). The molecule has 1 aliphatic heterocycles. The largest absolute Gasteiger partial charge is 0.476 e. The maximum absolute atomic E-state index is 13.5. The second kappa shape index (κ2) is 7.76. The van der Waals surface area contributed by atoms with Crippen molar-refractivity contribution in [2.75, 3.05) is 13.1 Å². The minimum atomic E-state index is -3.76. The number of sulfonamides is 1. The molecule has 0 atom stereocenters. The van der Waals surface area contributed by atoms with Gasteiger partial charge >= 0.3 is 5.97 Å². The molecule has 1 saturated heterocycles. The molecule has 3 aromatic rings. The average molecular weight is 412 g/mol. The van der Waals surface area contributed by atoms with Gasteiger partial charge in [0, 0.05) is 18.7 Å². The van der Waals surface area contributed by atoms with E-state index in [1.807, 2.05) is 30.3 Å². The van der Waals surface area contributed by atoms with Crippen LogP contribution in [0.15, 0.2) is 59.6 Å². The minimum absolute atomic E-state index is 0.134. The Morgan fingerprint density at radius 1 is 1.00 bits per heavy atom. The molecule has 1 aliphatic rings. The fourth-order valence-electron chi connectivity index (χ4n) is 3.53. The highest BCUT2D eigenvalue weighted by molar-refractivity contribution is 7.89. The van der Waals surface area contributed by atoms with Crippen LogP contribution in [0.4, 0.5) is 0 Å². The maximum atomic E-state index is 13.5. The van der Waals surface area contributed by atoms with Crippen LogP contribution in [-0.2, 0) is 10.0 Å². The fourth-order valence-corrected chi connectivity index (χ4v) is 5.28. The van der Waals surface area contributed by atoms with Crippen LogP contribution in [0.25, 0.3) is 16.8 Å². The molecule has 0 aliphatic carbocycles. The number of aromatic nitrogens is 3. The van der Waals surface area contributed by atoms with Crippen molar-refractivity contribution >= 4 is 16.0 Å². The van der Waals surface area contributed by atoms with Crippen molar-refractivity contribution in [1.29, 1.82) is 0 Å². The van der Waals surface area contributed by atoms with Crippen molar-refractivity contribution in [3.8, 4) is 16.8 Å². The minimum Gasteiger partial charge on any atom is -0.476 e. The van der Waals surface area contributed by atoms with E-state index in [1.54, 1.807) is 12.1 Å². The van der Waals surface area contributed by atoms with Crippen LogP contribution in [-0.4, -0.2) is 51.9 Å². The summed E-state index contributed by atoms with van der Waals surface area (Å²) in [4.78, 5) is 11.6. The SMILES string of the molecule is O=C(O)c1cnnn1-c1ccc(-c2ccccc2)c(S(=O)(=O)N2CCCCC2)c1. The van der Waals surface area contributed by atoms with Crippen LogP contribution in [0, 0.1) is 0 Å². The lowest BCUT2D eigenvalue weighted by Gasteiger charge is -2.27. The maximum Gasteiger partial charge on any atom is 0.356 e. The molecule has 0 radical (unpaired) electrons. The number of hydrogen-bond acceptors (Lipinski definition) is 5. The molecular formula is C20H20N4O4S. The number of carbonyl (C=O) groups is 1. The Hall–Kier alpha value is -3.04. The Morgan fingerprint density at radius 3 is 2.41 bits per heavy atom. The van der Waals surface area contributed by atoms with E-state index in [2.05, 4.69) is 10.3 Å². The lowest BCUT2D eigenvalue weighted by molar-refractivity contribution is 0.0687. The molecule has 0 bridgehead atoms. The lowest BCUT2D eigenvalue weighted by Crippen LogP contribution is -2.36. The third-order valence-electron chi connectivity index (χ3n) is 5.00. The normalized spacial score (nSPS) is 15.3. The van der Waals surface area contributed by atoms with E-state index in [0.717, 1.165) is 35.7 Å². The molecule has 0 unspecified atom stereocenters.